The zero-order chi connectivity index (χ0) is 13.9. The molecule has 0 atom stereocenters. The molecule has 0 spiro atoms. The van der Waals surface area contributed by atoms with Crippen LogP contribution in [0, 0.1) is 13.8 Å². The number of aliphatic hydroxyl groups is 2. The van der Waals surface area contributed by atoms with E-state index < -0.39 is 5.41 Å². The summed E-state index contributed by atoms with van der Waals surface area (Å²) >= 11 is 1.61. The molecule has 4 heteroatoms. The first-order chi connectivity index (χ1) is 9.09. The van der Waals surface area contributed by atoms with Crippen LogP contribution < -0.4 is 0 Å². The van der Waals surface area contributed by atoms with Crippen molar-refractivity contribution in [3.05, 3.63) is 51.5 Å². The first-order valence-corrected chi connectivity index (χ1v) is 7.11. The molecule has 102 valence electrons. The molecule has 2 N–H and O–H groups in total. The molecule has 1 aromatic heterocycles. The molecular formula is C15H19NO2S. The maximum Gasteiger partial charge on any atom is 0.0896 e. The Bertz CT molecular complexity index is 547. The Balaban J connectivity index is 2.37. The summed E-state index contributed by atoms with van der Waals surface area (Å²) in [7, 11) is 0. The number of thiazole rings is 1. The van der Waals surface area contributed by atoms with Crippen LogP contribution >= 0.6 is 11.3 Å². The van der Waals surface area contributed by atoms with Crippen LogP contribution in [-0.4, -0.2) is 28.4 Å². The number of hydrogen-bond acceptors (Lipinski definition) is 4. The van der Waals surface area contributed by atoms with Gasteiger partial charge >= 0.3 is 0 Å². The fourth-order valence-electron chi connectivity index (χ4n) is 2.24. The third kappa shape index (κ3) is 3.03. The minimum absolute atomic E-state index is 0.0795. The molecule has 3 nitrogen and oxygen atoms in total. The van der Waals surface area contributed by atoms with E-state index in [9.17, 15) is 10.2 Å². The molecule has 0 saturated heterocycles. The lowest BCUT2D eigenvalue weighted by Gasteiger charge is -2.30. The minimum Gasteiger partial charge on any atom is -0.395 e. The van der Waals surface area contributed by atoms with E-state index in [1.807, 2.05) is 44.3 Å². The number of aromatic nitrogens is 1. The highest BCUT2D eigenvalue weighted by molar-refractivity contribution is 7.11. The Kier molecular flexibility index (Phi) is 4.34. The predicted octanol–water partition coefficient (Wildman–Crippen LogP) is 2.23. The second-order valence-electron chi connectivity index (χ2n) is 4.99. The highest BCUT2D eigenvalue weighted by Crippen LogP contribution is 2.30. The van der Waals surface area contributed by atoms with E-state index in [1.165, 1.54) is 0 Å². The lowest BCUT2D eigenvalue weighted by molar-refractivity contribution is 0.117. The van der Waals surface area contributed by atoms with Gasteiger partial charge in [-0.2, -0.15) is 0 Å². The van der Waals surface area contributed by atoms with Crippen molar-refractivity contribution in [2.75, 3.05) is 13.2 Å². The molecule has 0 radical (unpaired) electrons. The van der Waals surface area contributed by atoms with Crippen LogP contribution in [0.5, 0.6) is 0 Å². The third-order valence-corrected chi connectivity index (χ3v) is 4.33. The highest BCUT2D eigenvalue weighted by Gasteiger charge is 2.32. The second kappa shape index (κ2) is 5.82. The molecule has 19 heavy (non-hydrogen) atoms. The van der Waals surface area contributed by atoms with Gasteiger partial charge in [0, 0.05) is 16.5 Å². The van der Waals surface area contributed by atoms with Gasteiger partial charge in [0.2, 0.25) is 0 Å². The van der Waals surface area contributed by atoms with Crippen LogP contribution in [0.15, 0.2) is 30.5 Å². The first-order valence-electron chi connectivity index (χ1n) is 6.30. The number of aryl methyl sites for hydroxylation is 2. The number of aliphatic hydroxyl groups excluding tert-OH is 2. The lowest BCUT2D eigenvalue weighted by Crippen LogP contribution is -2.37. The molecule has 0 amide bonds. The maximum atomic E-state index is 9.81. The maximum absolute atomic E-state index is 9.81. The molecule has 1 aromatic carbocycles. The van der Waals surface area contributed by atoms with Gasteiger partial charge in [0.05, 0.1) is 18.2 Å². The average molecular weight is 277 g/mol. The van der Waals surface area contributed by atoms with Crippen LogP contribution in [0.4, 0.5) is 0 Å². The largest absolute Gasteiger partial charge is 0.395 e. The molecule has 0 aliphatic carbocycles. The van der Waals surface area contributed by atoms with Gasteiger partial charge in [-0.25, -0.2) is 4.98 Å². The molecule has 0 bridgehead atoms. The van der Waals surface area contributed by atoms with Gasteiger partial charge in [0.1, 0.15) is 0 Å². The number of hydrogen-bond donors (Lipinski definition) is 2. The standard InChI is InChI=1S/C15H19NO2S/c1-11-4-3-5-13(6-11)15(9-17,10-18)7-14-8-16-12(2)19-14/h3-6,8,17-18H,7,9-10H2,1-2H3. The highest BCUT2D eigenvalue weighted by atomic mass is 32.1. The van der Waals surface area contributed by atoms with Gasteiger partial charge in [0.25, 0.3) is 0 Å². The van der Waals surface area contributed by atoms with Crippen molar-refractivity contribution in [2.24, 2.45) is 0 Å². The van der Waals surface area contributed by atoms with Crippen LogP contribution in [0.3, 0.4) is 0 Å². The summed E-state index contributed by atoms with van der Waals surface area (Å²) in [5.41, 5.74) is 1.47. The predicted molar refractivity (Wildman–Crippen MR) is 77.6 cm³/mol. The summed E-state index contributed by atoms with van der Waals surface area (Å²) in [5.74, 6) is 0. The smallest absolute Gasteiger partial charge is 0.0896 e. The van der Waals surface area contributed by atoms with Gasteiger partial charge in [-0.05, 0) is 25.8 Å². The van der Waals surface area contributed by atoms with Gasteiger partial charge in [0.15, 0.2) is 0 Å². The lowest BCUT2D eigenvalue weighted by atomic mass is 9.78. The van der Waals surface area contributed by atoms with Crippen molar-refractivity contribution in [1.29, 1.82) is 0 Å². The minimum atomic E-state index is -0.634. The van der Waals surface area contributed by atoms with Crippen LogP contribution in [0.25, 0.3) is 0 Å². The Morgan fingerprint density at radius 3 is 2.47 bits per heavy atom. The first kappa shape index (κ1) is 14.2. The van der Waals surface area contributed by atoms with Crippen molar-refractivity contribution in [2.45, 2.75) is 25.7 Å². The summed E-state index contributed by atoms with van der Waals surface area (Å²) in [6, 6.07) is 7.97. The Morgan fingerprint density at radius 1 is 1.21 bits per heavy atom. The summed E-state index contributed by atoms with van der Waals surface area (Å²) in [6.07, 6.45) is 2.44. The molecule has 2 aromatic rings. The zero-order valence-corrected chi connectivity index (χ0v) is 12.1. The summed E-state index contributed by atoms with van der Waals surface area (Å²) in [5, 5.41) is 20.6. The summed E-state index contributed by atoms with van der Waals surface area (Å²) < 4.78 is 0. The molecule has 2 rings (SSSR count). The second-order valence-corrected chi connectivity index (χ2v) is 6.31. The van der Waals surface area contributed by atoms with Crippen LogP contribution in [0.1, 0.15) is 21.0 Å². The van der Waals surface area contributed by atoms with E-state index in [4.69, 9.17) is 0 Å². The molecule has 0 aliphatic rings. The number of rotatable bonds is 5. The van der Waals surface area contributed by atoms with Gasteiger partial charge in [-0.15, -0.1) is 11.3 Å². The van der Waals surface area contributed by atoms with Crippen molar-refractivity contribution >= 4 is 11.3 Å². The van der Waals surface area contributed by atoms with E-state index in [0.29, 0.717) is 6.42 Å². The fraction of sp³-hybridized carbons (Fsp3) is 0.400. The van der Waals surface area contributed by atoms with E-state index in [2.05, 4.69) is 4.98 Å². The average Bonchev–Trinajstić information content (AvgIpc) is 2.81. The molecule has 0 unspecified atom stereocenters. The van der Waals surface area contributed by atoms with E-state index in [0.717, 1.165) is 21.0 Å². The molecule has 0 aliphatic heterocycles. The third-order valence-electron chi connectivity index (χ3n) is 3.42. The fourth-order valence-corrected chi connectivity index (χ4v) is 3.18. The van der Waals surface area contributed by atoms with Gasteiger partial charge in [-0.1, -0.05) is 29.8 Å². The van der Waals surface area contributed by atoms with Crippen molar-refractivity contribution in [3.63, 3.8) is 0 Å². The van der Waals surface area contributed by atoms with E-state index in [1.54, 1.807) is 11.3 Å². The molecule has 1 heterocycles. The number of nitrogens with zero attached hydrogens (tertiary/aromatic N) is 1. The van der Waals surface area contributed by atoms with Crippen LogP contribution in [0.2, 0.25) is 0 Å². The van der Waals surface area contributed by atoms with Crippen molar-refractivity contribution in [1.82, 2.24) is 4.98 Å². The Morgan fingerprint density at radius 2 is 1.95 bits per heavy atom. The van der Waals surface area contributed by atoms with E-state index in [-0.39, 0.29) is 13.2 Å². The topological polar surface area (TPSA) is 53.4 Å². The number of benzene rings is 1. The van der Waals surface area contributed by atoms with Gasteiger partial charge < -0.3 is 10.2 Å². The van der Waals surface area contributed by atoms with Crippen molar-refractivity contribution < 1.29 is 10.2 Å². The van der Waals surface area contributed by atoms with Crippen molar-refractivity contribution in [3.8, 4) is 0 Å². The normalized spacial score (nSPS) is 11.8. The monoisotopic (exact) mass is 277 g/mol. The van der Waals surface area contributed by atoms with Crippen LogP contribution in [-0.2, 0) is 11.8 Å². The molecule has 0 fully saturated rings. The van der Waals surface area contributed by atoms with Gasteiger partial charge in [-0.3, -0.25) is 0 Å². The quantitative estimate of drug-likeness (QED) is 0.881. The molecule has 0 saturated carbocycles. The zero-order valence-electron chi connectivity index (χ0n) is 11.3. The Hall–Kier alpha value is -1.23. The summed E-state index contributed by atoms with van der Waals surface area (Å²) in [4.78, 5) is 5.32. The summed E-state index contributed by atoms with van der Waals surface area (Å²) in [6.45, 7) is 3.81. The molecular weight excluding hydrogens is 258 g/mol. The van der Waals surface area contributed by atoms with E-state index >= 15 is 0 Å². The Labute approximate surface area is 117 Å². The SMILES string of the molecule is Cc1cccc(C(CO)(CO)Cc2cnc(C)s2)c1.